The molecule has 2 aromatic carbocycles. The summed E-state index contributed by atoms with van der Waals surface area (Å²) in [5.41, 5.74) is 2.66. The molecule has 0 bridgehead atoms. The highest BCUT2D eigenvalue weighted by Gasteiger charge is 2.19. The molecule has 0 fully saturated rings. The highest BCUT2D eigenvalue weighted by molar-refractivity contribution is 6.33. The molecule has 4 aromatic rings. The average Bonchev–Trinajstić information content (AvgIpc) is 3.12. The van der Waals surface area contributed by atoms with Crippen LogP contribution in [0.25, 0.3) is 11.2 Å². The number of halogens is 3. The fourth-order valence-electron chi connectivity index (χ4n) is 3.25. The first-order chi connectivity index (χ1) is 15.3. The number of rotatable bonds is 5. The number of aryl methyl sites for hydroxylation is 1. The van der Waals surface area contributed by atoms with Crippen LogP contribution in [0.15, 0.2) is 57.2 Å². The number of nitrogens with one attached hydrogen (secondary N) is 1. The number of nitrogens with zero attached hydrogens (tertiary/aromatic N) is 5. The van der Waals surface area contributed by atoms with Crippen molar-refractivity contribution in [3.8, 4) is 0 Å². The summed E-state index contributed by atoms with van der Waals surface area (Å²) in [6.45, 7) is 0.141. The monoisotopic (exact) mass is 458 g/mol. The Morgan fingerprint density at radius 2 is 1.81 bits per heavy atom. The van der Waals surface area contributed by atoms with Crippen LogP contribution < -0.4 is 16.7 Å². The normalized spacial score (nSPS) is 11.5. The highest BCUT2D eigenvalue weighted by Crippen LogP contribution is 2.19. The molecule has 32 heavy (non-hydrogen) atoms. The zero-order valence-electron chi connectivity index (χ0n) is 17.0. The third kappa shape index (κ3) is 3.80. The zero-order valence-corrected chi connectivity index (χ0v) is 17.8. The van der Waals surface area contributed by atoms with Gasteiger partial charge in [-0.2, -0.15) is 10.1 Å². The van der Waals surface area contributed by atoms with Gasteiger partial charge in [-0.05, 0) is 29.8 Å². The molecule has 0 aliphatic rings. The van der Waals surface area contributed by atoms with Crippen molar-refractivity contribution >= 4 is 34.9 Å². The standard InChI is InChI=1S/C21H17ClF2N6O2/c1-28-18-17(19(31)29(2)21(28)32)30(11-12-6-8-13(23)9-7-12)20(26-18)27-25-10-14-15(22)4-3-5-16(14)24/h3-10H,11H2,1-2H3,(H,26,27). The van der Waals surface area contributed by atoms with E-state index < -0.39 is 22.9 Å². The molecular formula is C21H17ClF2N6O2. The second-order valence-corrected chi connectivity index (χ2v) is 7.44. The van der Waals surface area contributed by atoms with Crippen molar-refractivity contribution in [2.75, 3.05) is 5.43 Å². The molecule has 1 N–H and O–H groups in total. The predicted molar refractivity (Wildman–Crippen MR) is 118 cm³/mol. The molecule has 11 heteroatoms. The van der Waals surface area contributed by atoms with E-state index in [0.717, 1.165) is 4.57 Å². The van der Waals surface area contributed by atoms with Gasteiger partial charge in [0.15, 0.2) is 11.2 Å². The molecule has 8 nitrogen and oxygen atoms in total. The van der Waals surface area contributed by atoms with Crippen molar-refractivity contribution in [2.45, 2.75) is 6.54 Å². The minimum atomic E-state index is -0.556. The molecular weight excluding hydrogens is 442 g/mol. The summed E-state index contributed by atoms with van der Waals surface area (Å²) in [6.07, 6.45) is 1.19. The smallest absolute Gasteiger partial charge is 0.298 e. The lowest BCUT2D eigenvalue weighted by Crippen LogP contribution is -2.37. The first kappa shape index (κ1) is 21.4. The van der Waals surface area contributed by atoms with E-state index >= 15 is 0 Å². The van der Waals surface area contributed by atoms with E-state index in [4.69, 9.17) is 11.6 Å². The van der Waals surface area contributed by atoms with Gasteiger partial charge in [0, 0.05) is 19.7 Å². The lowest BCUT2D eigenvalue weighted by molar-refractivity contribution is 0.625. The minimum Gasteiger partial charge on any atom is -0.298 e. The van der Waals surface area contributed by atoms with Crippen LogP contribution in [0.5, 0.6) is 0 Å². The molecule has 0 unspecified atom stereocenters. The molecule has 0 aliphatic heterocycles. The number of anilines is 1. The second-order valence-electron chi connectivity index (χ2n) is 7.03. The van der Waals surface area contributed by atoms with Crippen molar-refractivity contribution in [2.24, 2.45) is 19.2 Å². The minimum absolute atomic E-state index is 0.0752. The first-order valence-corrected chi connectivity index (χ1v) is 9.79. The van der Waals surface area contributed by atoms with Gasteiger partial charge in [-0.1, -0.05) is 29.8 Å². The van der Waals surface area contributed by atoms with Gasteiger partial charge in [-0.15, -0.1) is 0 Å². The Bertz CT molecular complexity index is 1450. The highest BCUT2D eigenvalue weighted by atomic mass is 35.5. The Morgan fingerprint density at radius 1 is 1.09 bits per heavy atom. The summed E-state index contributed by atoms with van der Waals surface area (Å²) in [4.78, 5) is 29.5. The SMILES string of the molecule is Cn1c(=O)c2c(nc(NN=Cc3c(F)cccc3Cl)n2Cc2ccc(F)cc2)n(C)c1=O. The van der Waals surface area contributed by atoms with E-state index in [1.807, 2.05) is 0 Å². The predicted octanol–water partition coefficient (Wildman–Crippen LogP) is 2.86. The van der Waals surface area contributed by atoms with E-state index in [1.54, 1.807) is 12.1 Å². The second kappa shape index (κ2) is 8.39. The maximum absolute atomic E-state index is 14.0. The molecule has 0 spiro atoms. The third-order valence-electron chi connectivity index (χ3n) is 4.96. The first-order valence-electron chi connectivity index (χ1n) is 9.41. The molecule has 0 saturated heterocycles. The van der Waals surface area contributed by atoms with Crippen LogP contribution in [-0.2, 0) is 20.6 Å². The van der Waals surface area contributed by atoms with Crippen molar-refractivity contribution in [1.29, 1.82) is 0 Å². The Labute approximate surface area is 185 Å². The number of hydrogen-bond acceptors (Lipinski definition) is 5. The third-order valence-corrected chi connectivity index (χ3v) is 5.29. The Balaban J connectivity index is 1.83. The average molecular weight is 459 g/mol. The van der Waals surface area contributed by atoms with Gasteiger partial charge in [0.05, 0.1) is 17.8 Å². The zero-order chi connectivity index (χ0) is 23.0. The quantitative estimate of drug-likeness (QED) is 0.368. The van der Waals surface area contributed by atoms with Crippen LogP contribution >= 0.6 is 11.6 Å². The summed E-state index contributed by atoms with van der Waals surface area (Å²) >= 11 is 6.01. The maximum atomic E-state index is 14.0. The van der Waals surface area contributed by atoms with Crippen molar-refractivity contribution in [3.05, 3.63) is 91.1 Å². The van der Waals surface area contributed by atoms with E-state index in [9.17, 15) is 18.4 Å². The molecule has 0 saturated carbocycles. The van der Waals surface area contributed by atoms with E-state index in [2.05, 4.69) is 15.5 Å². The Kier molecular flexibility index (Phi) is 5.62. The van der Waals surface area contributed by atoms with E-state index in [1.165, 1.54) is 59.8 Å². The van der Waals surface area contributed by atoms with Crippen LogP contribution in [0.1, 0.15) is 11.1 Å². The fraction of sp³-hybridized carbons (Fsp3) is 0.143. The molecule has 0 atom stereocenters. The fourth-order valence-corrected chi connectivity index (χ4v) is 3.46. The summed E-state index contributed by atoms with van der Waals surface area (Å²) in [5.74, 6) is -0.822. The Morgan fingerprint density at radius 3 is 2.50 bits per heavy atom. The largest absolute Gasteiger partial charge is 0.332 e. The van der Waals surface area contributed by atoms with Gasteiger partial charge in [-0.3, -0.25) is 18.5 Å². The van der Waals surface area contributed by atoms with Gasteiger partial charge in [0.25, 0.3) is 5.56 Å². The number of imidazole rings is 1. The summed E-state index contributed by atoms with van der Waals surface area (Å²) < 4.78 is 31.0. The van der Waals surface area contributed by atoms with Crippen LogP contribution in [0.3, 0.4) is 0 Å². The van der Waals surface area contributed by atoms with Crippen LogP contribution in [0.4, 0.5) is 14.7 Å². The summed E-state index contributed by atoms with van der Waals surface area (Å²) in [5, 5.41) is 4.18. The van der Waals surface area contributed by atoms with Crippen LogP contribution in [0, 0.1) is 11.6 Å². The lowest BCUT2D eigenvalue weighted by atomic mass is 10.2. The lowest BCUT2D eigenvalue weighted by Gasteiger charge is -2.09. The molecule has 0 amide bonds. The summed E-state index contributed by atoms with van der Waals surface area (Å²) in [7, 11) is 2.86. The van der Waals surface area contributed by atoms with Gasteiger partial charge in [-0.25, -0.2) is 19.0 Å². The molecule has 2 aromatic heterocycles. The van der Waals surface area contributed by atoms with E-state index in [-0.39, 0.29) is 34.2 Å². The van der Waals surface area contributed by atoms with Gasteiger partial charge in [0.2, 0.25) is 5.95 Å². The molecule has 0 aliphatic carbocycles. The maximum Gasteiger partial charge on any atom is 0.332 e. The van der Waals surface area contributed by atoms with Crippen molar-refractivity contribution in [1.82, 2.24) is 18.7 Å². The number of fused-ring (bicyclic) bond motifs is 1. The topological polar surface area (TPSA) is 86.2 Å². The van der Waals surface area contributed by atoms with Gasteiger partial charge >= 0.3 is 5.69 Å². The molecule has 2 heterocycles. The van der Waals surface area contributed by atoms with Crippen molar-refractivity contribution < 1.29 is 8.78 Å². The number of benzene rings is 2. The molecule has 4 rings (SSSR count). The molecule has 0 radical (unpaired) electrons. The van der Waals surface area contributed by atoms with Gasteiger partial charge < -0.3 is 0 Å². The van der Waals surface area contributed by atoms with Gasteiger partial charge in [0.1, 0.15) is 11.6 Å². The summed E-state index contributed by atoms with van der Waals surface area (Å²) in [6, 6.07) is 9.98. The number of hydrogen-bond donors (Lipinski definition) is 1. The van der Waals surface area contributed by atoms with Crippen LogP contribution in [0.2, 0.25) is 5.02 Å². The molecule has 164 valence electrons. The van der Waals surface area contributed by atoms with Crippen molar-refractivity contribution in [3.63, 3.8) is 0 Å². The Hall–Kier alpha value is -3.79. The number of hydrazone groups is 1. The number of aromatic nitrogens is 4. The van der Waals surface area contributed by atoms with E-state index in [0.29, 0.717) is 5.56 Å². The van der Waals surface area contributed by atoms with Crippen LogP contribution in [-0.4, -0.2) is 24.9 Å².